The number of fused-ring (bicyclic) bond motifs is 1. The van der Waals surface area contributed by atoms with E-state index in [0.29, 0.717) is 10.9 Å². The largest absolute Gasteiger partial charge is 0.447 e. The lowest BCUT2D eigenvalue weighted by molar-refractivity contribution is -0.0148. The predicted octanol–water partition coefficient (Wildman–Crippen LogP) is 3.48. The van der Waals surface area contributed by atoms with E-state index in [1.165, 1.54) is 4.90 Å². The van der Waals surface area contributed by atoms with Gasteiger partial charge in [0, 0.05) is 29.9 Å². The molecule has 4 rings (SSSR count). The average Bonchev–Trinajstić information content (AvgIpc) is 3.42. The van der Waals surface area contributed by atoms with Crippen LogP contribution in [0.15, 0.2) is 12.4 Å². The smallest absolute Gasteiger partial charge is 0.410 e. The van der Waals surface area contributed by atoms with Gasteiger partial charge in [-0.1, -0.05) is 11.6 Å². The highest BCUT2D eigenvalue weighted by Crippen LogP contribution is 2.61. The van der Waals surface area contributed by atoms with Gasteiger partial charge in [0.25, 0.3) is 10.0 Å². The third kappa shape index (κ3) is 5.55. The molecule has 196 valence electrons. The van der Waals surface area contributed by atoms with Crippen molar-refractivity contribution in [2.45, 2.75) is 94.4 Å². The minimum atomic E-state index is -4.84. The lowest BCUT2D eigenvalue weighted by Crippen LogP contribution is -2.51. The Morgan fingerprint density at radius 1 is 1.31 bits per heavy atom. The molecule has 1 N–H and O–H groups in total. The lowest BCUT2D eigenvalue weighted by atomic mass is 9.86. The fraction of sp³-hybridized carbons (Fsp3) is 0.773. The molecule has 3 fully saturated rings. The third-order valence-electron chi connectivity index (χ3n) is 7.25. The maximum Gasteiger partial charge on any atom is 0.410 e. The van der Waals surface area contributed by atoms with Gasteiger partial charge in [-0.05, 0) is 58.8 Å². The SMILES string of the molecule is CC(C)OC(=O)N1[C@H](C)C[C@H](NS(=O)(=O)C(F)F)[C@@H]1COC1CCC2(c3ncc(Cl)cn3)CC2C1. The van der Waals surface area contributed by atoms with Crippen LogP contribution in [0.1, 0.15) is 58.7 Å². The van der Waals surface area contributed by atoms with E-state index in [-0.39, 0.29) is 30.7 Å². The van der Waals surface area contributed by atoms with Crippen molar-refractivity contribution in [3.63, 3.8) is 0 Å². The highest BCUT2D eigenvalue weighted by atomic mass is 35.5. The highest BCUT2D eigenvalue weighted by molar-refractivity contribution is 7.89. The van der Waals surface area contributed by atoms with Crippen molar-refractivity contribution in [1.82, 2.24) is 19.6 Å². The second kappa shape index (κ2) is 10.0. The second-order valence-corrected chi connectivity index (χ2v) is 12.2. The van der Waals surface area contributed by atoms with Gasteiger partial charge < -0.3 is 9.47 Å². The van der Waals surface area contributed by atoms with Gasteiger partial charge in [-0.2, -0.15) is 8.78 Å². The number of nitrogens with zero attached hydrogens (tertiary/aromatic N) is 3. The number of rotatable bonds is 8. The van der Waals surface area contributed by atoms with E-state index < -0.39 is 40.0 Å². The summed E-state index contributed by atoms with van der Waals surface area (Å²) in [7, 11) is -4.84. The molecule has 3 aliphatic rings. The topological polar surface area (TPSA) is 111 Å². The van der Waals surface area contributed by atoms with E-state index in [9.17, 15) is 22.0 Å². The van der Waals surface area contributed by atoms with Crippen molar-refractivity contribution in [3.05, 3.63) is 23.2 Å². The summed E-state index contributed by atoms with van der Waals surface area (Å²) in [5, 5.41) is 0.489. The molecule has 2 aliphatic carbocycles. The van der Waals surface area contributed by atoms with Crippen LogP contribution in [-0.2, 0) is 24.9 Å². The number of alkyl halides is 2. The summed E-state index contributed by atoms with van der Waals surface area (Å²) in [6.07, 6.45) is 5.59. The summed E-state index contributed by atoms with van der Waals surface area (Å²) in [6, 6.07) is -2.09. The number of likely N-dealkylation sites (tertiary alicyclic amines) is 1. The Hall–Kier alpha value is -1.63. The van der Waals surface area contributed by atoms with Gasteiger partial charge in [0.1, 0.15) is 5.82 Å². The molecular formula is C22H31ClF2N4O5S. The Morgan fingerprint density at radius 2 is 2.00 bits per heavy atom. The monoisotopic (exact) mass is 536 g/mol. The van der Waals surface area contributed by atoms with Crippen molar-refractivity contribution >= 4 is 27.7 Å². The first-order valence-corrected chi connectivity index (χ1v) is 13.7. The highest BCUT2D eigenvalue weighted by Gasteiger charge is 2.60. The molecule has 1 aliphatic heterocycles. The summed E-state index contributed by atoms with van der Waals surface area (Å²) >= 11 is 5.91. The number of carbonyl (C=O) groups is 1. The first kappa shape index (κ1) is 26.4. The van der Waals surface area contributed by atoms with E-state index in [0.717, 1.165) is 31.5 Å². The van der Waals surface area contributed by atoms with Gasteiger partial charge >= 0.3 is 11.9 Å². The minimum absolute atomic E-state index is 0.00971. The molecule has 3 unspecified atom stereocenters. The molecule has 1 aromatic rings. The van der Waals surface area contributed by atoms with Crippen molar-refractivity contribution in [3.8, 4) is 0 Å². The summed E-state index contributed by atoms with van der Waals surface area (Å²) in [5.74, 6) is -2.41. The number of halogens is 3. The van der Waals surface area contributed by atoms with Crippen molar-refractivity contribution in [2.75, 3.05) is 6.61 Å². The minimum Gasteiger partial charge on any atom is -0.447 e. The van der Waals surface area contributed by atoms with Crippen molar-refractivity contribution in [1.29, 1.82) is 0 Å². The fourth-order valence-corrected chi connectivity index (χ4v) is 6.39. The molecule has 0 bridgehead atoms. The number of hydrogen-bond acceptors (Lipinski definition) is 7. The first-order valence-electron chi connectivity index (χ1n) is 11.8. The zero-order valence-electron chi connectivity index (χ0n) is 19.9. The zero-order chi connectivity index (χ0) is 25.5. The second-order valence-electron chi connectivity index (χ2n) is 10.0. The number of hydrogen-bond donors (Lipinski definition) is 1. The molecule has 13 heteroatoms. The quantitative estimate of drug-likeness (QED) is 0.541. The van der Waals surface area contributed by atoms with Crippen LogP contribution < -0.4 is 4.72 Å². The van der Waals surface area contributed by atoms with Gasteiger partial charge in [0.15, 0.2) is 0 Å². The summed E-state index contributed by atoms with van der Waals surface area (Å²) in [4.78, 5) is 23.0. The van der Waals surface area contributed by atoms with Crippen LogP contribution in [0.4, 0.5) is 13.6 Å². The molecule has 0 radical (unpaired) electrons. The molecule has 6 atom stereocenters. The maximum atomic E-state index is 13.0. The summed E-state index contributed by atoms with van der Waals surface area (Å²) in [6.45, 7) is 5.15. The predicted molar refractivity (Wildman–Crippen MR) is 124 cm³/mol. The number of ether oxygens (including phenoxy) is 2. The van der Waals surface area contributed by atoms with Gasteiger partial charge in [0.2, 0.25) is 0 Å². The van der Waals surface area contributed by atoms with Crippen LogP contribution >= 0.6 is 11.6 Å². The van der Waals surface area contributed by atoms with Gasteiger partial charge in [-0.25, -0.2) is 27.9 Å². The van der Waals surface area contributed by atoms with Gasteiger partial charge in [0.05, 0.1) is 29.9 Å². The van der Waals surface area contributed by atoms with E-state index in [4.69, 9.17) is 21.1 Å². The molecule has 0 aromatic carbocycles. The van der Waals surface area contributed by atoms with Crippen LogP contribution in [-0.4, -0.2) is 72.1 Å². The Morgan fingerprint density at radius 3 is 2.60 bits per heavy atom. The molecule has 9 nitrogen and oxygen atoms in total. The normalized spacial score (nSPS) is 32.7. The zero-order valence-corrected chi connectivity index (χ0v) is 21.4. The fourth-order valence-electron chi connectivity index (χ4n) is 5.51. The summed E-state index contributed by atoms with van der Waals surface area (Å²) < 4.78 is 63.4. The van der Waals surface area contributed by atoms with Crippen molar-refractivity contribution in [2.24, 2.45) is 5.92 Å². The molecule has 1 amide bonds. The summed E-state index contributed by atoms with van der Waals surface area (Å²) in [5.41, 5.74) is -0.0607. The van der Waals surface area contributed by atoms with Gasteiger partial charge in [-0.15, -0.1) is 0 Å². The Balaban J connectivity index is 1.42. The third-order valence-corrected chi connectivity index (χ3v) is 8.54. The molecule has 35 heavy (non-hydrogen) atoms. The number of nitrogens with one attached hydrogen (secondary N) is 1. The van der Waals surface area contributed by atoms with Crippen LogP contribution in [0.2, 0.25) is 5.02 Å². The number of carbonyl (C=O) groups excluding carboxylic acids is 1. The van der Waals surface area contributed by atoms with Crippen LogP contribution in [0, 0.1) is 5.92 Å². The Bertz CT molecular complexity index is 1030. The van der Waals surface area contributed by atoms with Crippen LogP contribution in [0.5, 0.6) is 0 Å². The van der Waals surface area contributed by atoms with Crippen LogP contribution in [0.3, 0.4) is 0 Å². The average molecular weight is 537 g/mol. The van der Waals surface area contributed by atoms with E-state index in [1.54, 1.807) is 33.2 Å². The van der Waals surface area contributed by atoms with E-state index in [1.807, 2.05) is 0 Å². The Labute approximate surface area is 209 Å². The van der Waals surface area contributed by atoms with Gasteiger partial charge in [-0.3, -0.25) is 4.90 Å². The molecule has 2 saturated carbocycles. The van der Waals surface area contributed by atoms with E-state index >= 15 is 0 Å². The number of sulfonamides is 1. The molecule has 0 spiro atoms. The van der Waals surface area contributed by atoms with E-state index in [2.05, 4.69) is 14.7 Å². The molecular weight excluding hydrogens is 506 g/mol. The maximum absolute atomic E-state index is 13.0. The molecule has 2 heterocycles. The number of amides is 1. The lowest BCUT2D eigenvalue weighted by Gasteiger charge is -2.33. The van der Waals surface area contributed by atoms with Crippen molar-refractivity contribution < 1.29 is 31.5 Å². The molecule has 1 saturated heterocycles. The first-order chi connectivity index (χ1) is 16.4. The van der Waals surface area contributed by atoms with Crippen LogP contribution in [0.25, 0.3) is 0 Å². The molecule has 1 aromatic heterocycles. The Kier molecular flexibility index (Phi) is 7.57. The standard InChI is InChI=1S/C22H31ClF2N4O5S/c1-12(2)34-21(30)29-13(3)6-17(28-35(31,32)20(24)25)18(29)11-33-16-4-5-22(8-14(22)7-16)19-26-9-15(23)10-27-19/h9-10,12-14,16-18,20,28H,4-8,11H2,1-3H3/t13-,14?,16?,17+,18+,22?/m1/s1. The number of aromatic nitrogens is 2.